The number of hydrogen-bond donors (Lipinski definition) is 1. The van der Waals surface area contributed by atoms with Gasteiger partial charge in [0, 0.05) is 19.0 Å². The van der Waals surface area contributed by atoms with Crippen LogP contribution in [0.5, 0.6) is 0 Å². The zero-order valence-corrected chi connectivity index (χ0v) is 12.7. The summed E-state index contributed by atoms with van der Waals surface area (Å²) in [6, 6.07) is 0.556. The minimum absolute atomic E-state index is 0.556. The maximum atomic E-state index is 4.91. The lowest BCUT2D eigenvalue weighted by Gasteiger charge is -2.12. The molecule has 0 radical (unpaired) electrons. The number of anilines is 1. The quantitative estimate of drug-likeness (QED) is 0.939. The number of nitrogens with zero attached hydrogens (tertiary/aromatic N) is 4. The molecule has 21 heavy (non-hydrogen) atoms. The van der Waals surface area contributed by atoms with Gasteiger partial charge in [-0.2, -0.15) is 0 Å². The number of rotatable bonds is 3. The van der Waals surface area contributed by atoms with Gasteiger partial charge in [-0.15, -0.1) is 0 Å². The summed E-state index contributed by atoms with van der Waals surface area (Å²) in [7, 11) is 2.09. The van der Waals surface area contributed by atoms with E-state index >= 15 is 0 Å². The van der Waals surface area contributed by atoms with E-state index < -0.39 is 0 Å². The predicted molar refractivity (Wildman–Crippen MR) is 83.4 cm³/mol. The maximum Gasteiger partial charge on any atom is 0.165 e. The first kappa shape index (κ1) is 13.0. The van der Waals surface area contributed by atoms with Gasteiger partial charge in [-0.3, -0.25) is 0 Å². The summed E-state index contributed by atoms with van der Waals surface area (Å²) in [5.74, 6) is 2.72. The van der Waals surface area contributed by atoms with Crippen molar-refractivity contribution in [2.45, 2.75) is 63.3 Å². The minimum atomic E-state index is 0.556. The molecule has 2 fully saturated rings. The molecule has 2 heterocycles. The highest BCUT2D eigenvalue weighted by Gasteiger charge is 2.25. The van der Waals surface area contributed by atoms with Crippen molar-refractivity contribution in [1.29, 1.82) is 0 Å². The average molecular weight is 285 g/mol. The molecule has 1 N–H and O–H groups in total. The summed E-state index contributed by atoms with van der Waals surface area (Å²) in [5, 5.41) is 3.59. The third kappa shape index (κ3) is 2.28. The summed E-state index contributed by atoms with van der Waals surface area (Å²) in [6.45, 7) is 0. The highest BCUT2D eigenvalue weighted by atomic mass is 15.2. The topological polar surface area (TPSA) is 55.6 Å². The molecule has 0 atom stereocenters. The Morgan fingerprint density at radius 3 is 2.52 bits per heavy atom. The van der Waals surface area contributed by atoms with Crippen LogP contribution >= 0.6 is 0 Å². The molecular weight excluding hydrogens is 262 g/mol. The first-order valence-electron chi connectivity index (χ1n) is 8.27. The third-order valence-corrected chi connectivity index (χ3v) is 5.11. The lowest BCUT2D eigenvalue weighted by Crippen LogP contribution is -2.15. The van der Waals surface area contributed by atoms with E-state index in [2.05, 4.69) is 26.9 Å². The molecule has 5 nitrogen and oxygen atoms in total. The van der Waals surface area contributed by atoms with Crippen molar-refractivity contribution in [2.75, 3.05) is 5.32 Å². The smallest absolute Gasteiger partial charge is 0.165 e. The largest absolute Gasteiger partial charge is 0.365 e. The SMILES string of the molecule is Cn1c(C2CCCC2)nc2c(NC3CCCC3)ncnc21. The van der Waals surface area contributed by atoms with E-state index in [0.717, 1.165) is 17.0 Å². The van der Waals surface area contributed by atoms with Gasteiger partial charge in [0.2, 0.25) is 0 Å². The Labute approximate surface area is 125 Å². The number of aromatic nitrogens is 4. The first-order chi connectivity index (χ1) is 10.3. The van der Waals surface area contributed by atoms with Crippen LogP contribution in [0.1, 0.15) is 63.1 Å². The van der Waals surface area contributed by atoms with Gasteiger partial charge < -0.3 is 9.88 Å². The molecule has 2 saturated carbocycles. The molecule has 5 heteroatoms. The summed E-state index contributed by atoms with van der Waals surface area (Å²) >= 11 is 0. The molecule has 0 aliphatic heterocycles. The number of fused-ring (bicyclic) bond motifs is 1. The van der Waals surface area contributed by atoms with Gasteiger partial charge in [-0.1, -0.05) is 25.7 Å². The van der Waals surface area contributed by atoms with E-state index in [1.165, 1.54) is 57.2 Å². The van der Waals surface area contributed by atoms with E-state index in [4.69, 9.17) is 4.98 Å². The molecule has 0 bridgehead atoms. The lowest BCUT2D eigenvalue weighted by atomic mass is 10.1. The van der Waals surface area contributed by atoms with Crippen LogP contribution in [0, 0.1) is 0 Å². The van der Waals surface area contributed by atoms with Crippen LogP contribution in [-0.4, -0.2) is 25.6 Å². The van der Waals surface area contributed by atoms with Crippen LogP contribution in [0.3, 0.4) is 0 Å². The Hall–Kier alpha value is -1.65. The van der Waals surface area contributed by atoms with Crippen LogP contribution in [0.2, 0.25) is 0 Å². The molecule has 2 aromatic rings. The van der Waals surface area contributed by atoms with E-state index in [9.17, 15) is 0 Å². The molecule has 4 rings (SSSR count). The van der Waals surface area contributed by atoms with Crippen LogP contribution in [0.15, 0.2) is 6.33 Å². The van der Waals surface area contributed by atoms with Crippen molar-refractivity contribution in [3.63, 3.8) is 0 Å². The van der Waals surface area contributed by atoms with Gasteiger partial charge >= 0.3 is 0 Å². The highest BCUT2D eigenvalue weighted by molar-refractivity contribution is 5.83. The number of aryl methyl sites for hydroxylation is 1. The molecule has 0 saturated heterocycles. The van der Waals surface area contributed by atoms with Crippen molar-refractivity contribution in [1.82, 2.24) is 19.5 Å². The highest BCUT2D eigenvalue weighted by Crippen LogP contribution is 2.35. The Morgan fingerprint density at radius 2 is 1.76 bits per heavy atom. The van der Waals surface area contributed by atoms with E-state index in [-0.39, 0.29) is 0 Å². The van der Waals surface area contributed by atoms with Crippen LogP contribution in [-0.2, 0) is 7.05 Å². The molecule has 2 aliphatic rings. The molecule has 0 spiro atoms. The standard InChI is InChI=1S/C16H23N5/c1-21-15(11-6-2-3-7-11)20-13-14(17-10-18-16(13)21)19-12-8-4-5-9-12/h10-12H,2-9H2,1H3,(H,17,18,19). The van der Waals surface area contributed by atoms with E-state index in [1.807, 2.05) is 0 Å². The van der Waals surface area contributed by atoms with E-state index in [1.54, 1.807) is 6.33 Å². The fourth-order valence-corrected chi connectivity index (χ4v) is 3.93. The third-order valence-electron chi connectivity index (χ3n) is 5.11. The lowest BCUT2D eigenvalue weighted by molar-refractivity contribution is 0.637. The van der Waals surface area contributed by atoms with Crippen molar-refractivity contribution < 1.29 is 0 Å². The fourth-order valence-electron chi connectivity index (χ4n) is 3.93. The summed E-state index contributed by atoms with van der Waals surface area (Å²) < 4.78 is 2.17. The second kappa shape index (κ2) is 5.28. The molecule has 0 unspecified atom stereocenters. The van der Waals surface area contributed by atoms with Crippen molar-refractivity contribution in [3.8, 4) is 0 Å². The second-order valence-corrected chi connectivity index (χ2v) is 6.53. The van der Waals surface area contributed by atoms with Gasteiger partial charge in [-0.25, -0.2) is 15.0 Å². The second-order valence-electron chi connectivity index (χ2n) is 6.53. The van der Waals surface area contributed by atoms with Gasteiger partial charge in [-0.05, 0) is 25.7 Å². The maximum absolute atomic E-state index is 4.91. The monoisotopic (exact) mass is 285 g/mol. The summed E-state index contributed by atoms with van der Waals surface area (Å²) in [5.41, 5.74) is 1.92. The van der Waals surface area contributed by atoms with Crippen LogP contribution in [0.25, 0.3) is 11.2 Å². The molecule has 0 aromatic carbocycles. The zero-order valence-electron chi connectivity index (χ0n) is 12.7. The average Bonchev–Trinajstić information content (AvgIpc) is 3.21. The molecule has 0 amide bonds. The Morgan fingerprint density at radius 1 is 1.05 bits per heavy atom. The minimum Gasteiger partial charge on any atom is -0.365 e. The van der Waals surface area contributed by atoms with Gasteiger partial charge in [0.15, 0.2) is 17.0 Å². The fraction of sp³-hybridized carbons (Fsp3) is 0.688. The van der Waals surface area contributed by atoms with Gasteiger partial charge in [0.1, 0.15) is 12.2 Å². The number of imidazole rings is 1. The summed E-state index contributed by atoms with van der Waals surface area (Å²) in [4.78, 5) is 13.8. The Bertz CT molecular complexity index is 635. The van der Waals surface area contributed by atoms with Crippen molar-refractivity contribution in [2.24, 2.45) is 7.05 Å². The van der Waals surface area contributed by atoms with Crippen molar-refractivity contribution >= 4 is 17.0 Å². The van der Waals surface area contributed by atoms with E-state index in [0.29, 0.717) is 12.0 Å². The first-order valence-corrected chi connectivity index (χ1v) is 8.27. The number of nitrogens with one attached hydrogen (secondary N) is 1. The van der Waals surface area contributed by atoms with Gasteiger partial charge in [0.25, 0.3) is 0 Å². The number of hydrogen-bond acceptors (Lipinski definition) is 4. The molecular formula is C16H23N5. The zero-order chi connectivity index (χ0) is 14.2. The Kier molecular flexibility index (Phi) is 3.28. The Balaban J connectivity index is 1.72. The predicted octanol–water partition coefficient (Wildman–Crippen LogP) is 3.38. The van der Waals surface area contributed by atoms with Crippen LogP contribution in [0.4, 0.5) is 5.82 Å². The van der Waals surface area contributed by atoms with Crippen molar-refractivity contribution in [3.05, 3.63) is 12.2 Å². The summed E-state index contributed by atoms with van der Waals surface area (Å²) in [6.07, 6.45) is 12.0. The molecule has 2 aromatic heterocycles. The van der Waals surface area contributed by atoms with Gasteiger partial charge in [0.05, 0.1) is 0 Å². The normalized spacial score (nSPS) is 20.6. The van der Waals surface area contributed by atoms with Crippen LogP contribution < -0.4 is 5.32 Å². The molecule has 2 aliphatic carbocycles. The molecule has 112 valence electrons.